The molecule has 0 saturated heterocycles. The topological polar surface area (TPSA) is 71.4 Å². The molecule has 4 nitrogen and oxygen atoms in total. The van der Waals surface area contributed by atoms with Gasteiger partial charge in [-0.1, -0.05) is 6.92 Å². The van der Waals surface area contributed by atoms with Crippen molar-refractivity contribution in [3.8, 4) is 0 Å². The van der Waals surface area contributed by atoms with Gasteiger partial charge in [-0.2, -0.15) is 0 Å². The van der Waals surface area contributed by atoms with Gasteiger partial charge in [-0.15, -0.1) is 0 Å². The standard InChI is InChI=1S/C10H10F2O4S/c1-6(10(13)14)5-17(15,16)9-4-7(11)2-3-8(9)12/h2-4,6H,5H2,1H3,(H,13,14). The van der Waals surface area contributed by atoms with Gasteiger partial charge in [-0.25, -0.2) is 17.2 Å². The third-order valence-corrected chi connectivity index (χ3v) is 4.04. The molecule has 0 aliphatic rings. The number of carboxylic acid groups (broad SMARTS) is 1. The van der Waals surface area contributed by atoms with Crippen LogP contribution in [0.1, 0.15) is 6.92 Å². The Morgan fingerprint density at radius 3 is 2.53 bits per heavy atom. The van der Waals surface area contributed by atoms with Gasteiger partial charge in [0, 0.05) is 0 Å². The predicted octanol–water partition coefficient (Wildman–Crippen LogP) is 1.46. The van der Waals surface area contributed by atoms with Crippen molar-refractivity contribution in [2.45, 2.75) is 11.8 Å². The van der Waals surface area contributed by atoms with Crippen LogP contribution < -0.4 is 0 Å². The lowest BCUT2D eigenvalue weighted by Crippen LogP contribution is -2.21. The summed E-state index contributed by atoms with van der Waals surface area (Å²) in [7, 11) is -4.15. The van der Waals surface area contributed by atoms with E-state index in [9.17, 15) is 22.0 Å². The minimum absolute atomic E-state index is 0.541. The van der Waals surface area contributed by atoms with Crippen LogP contribution in [0.4, 0.5) is 8.78 Å². The Hall–Kier alpha value is -1.50. The molecule has 94 valence electrons. The van der Waals surface area contributed by atoms with Gasteiger partial charge in [0.15, 0.2) is 9.84 Å². The second-order valence-electron chi connectivity index (χ2n) is 3.60. The molecule has 7 heteroatoms. The molecule has 0 spiro atoms. The monoisotopic (exact) mass is 264 g/mol. The van der Waals surface area contributed by atoms with E-state index in [-0.39, 0.29) is 0 Å². The first-order valence-electron chi connectivity index (χ1n) is 4.64. The number of benzene rings is 1. The number of carbonyl (C=O) groups is 1. The first-order chi connectivity index (χ1) is 7.74. The normalized spacial score (nSPS) is 13.4. The molecule has 0 saturated carbocycles. The van der Waals surface area contributed by atoms with Gasteiger partial charge < -0.3 is 5.11 Å². The summed E-state index contributed by atoms with van der Waals surface area (Å²) in [5.74, 6) is -5.27. The zero-order valence-corrected chi connectivity index (χ0v) is 9.67. The van der Waals surface area contributed by atoms with Crippen molar-refractivity contribution in [3.63, 3.8) is 0 Å². The summed E-state index contributed by atoms with van der Waals surface area (Å²) >= 11 is 0. The number of aliphatic carboxylic acids is 1. The number of carboxylic acids is 1. The Labute approximate surface area is 96.8 Å². The first kappa shape index (κ1) is 13.6. The van der Waals surface area contributed by atoms with Gasteiger partial charge in [0.05, 0.1) is 11.7 Å². The number of hydrogen-bond acceptors (Lipinski definition) is 3. The van der Waals surface area contributed by atoms with E-state index in [2.05, 4.69) is 0 Å². The Morgan fingerprint density at radius 2 is 2.00 bits per heavy atom. The van der Waals surface area contributed by atoms with Gasteiger partial charge in [0.2, 0.25) is 0 Å². The molecule has 1 rings (SSSR count). The zero-order valence-electron chi connectivity index (χ0n) is 8.85. The van der Waals surface area contributed by atoms with Crippen LogP contribution in [0, 0.1) is 17.6 Å². The molecule has 0 aromatic heterocycles. The predicted molar refractivity (Wildman–Crippen MR) is 55.2 cm³/mol. The maximum Gasteiger partial charge on any atom is 0.307 e. The summed E-state index contributed by atoms with van der Waals surface area (Å²) in [6.07, 6.45) is 0. The molecule has 0 amide bonds. The summed E-state index contributed by atoms with van der Waals surface area (Å²) in [6, 6.07) is 2.02. The number of sulfone groups is 1. The van der Waals surface area contributed by atoms with Gasteiger partial charge in [-0.3, -0.25) is 4.79 Å². The molecular weight excluding hydrogens is 254 g/mol. The molecule has 0 fully saturated rings. The van der Waals surface area contributed by atoms with Crippen molar-refractivity contribution in [1.29, 1.82) is 0 Å². The third-order valence-electron chi connectivity index (χ3n) is 2.12. The van der Waals surface area contributed by atoms with E-state index in [0.29, 0.717) is 12.1 Å². The fraction of sp³-hybridized carbons (Fsp3) is 0.300. The van der Waals surface area contributed by atoms with Crippen molar-refractivity contribution >= 4 is 15.8 Å². The number of halogens is 2. The fourth-order valence-corrected chi connectivity index (χ4v) is 2.84. The van der Waals surface area contributed by atoms with E-state index < -0.39 is 44.0 Å². The highest BCUT2D eigenvalue weighted by atomic mass is 32.2. The minimum atomic E-state index is -4.15. The quantitative estimate of drug-likeness (QED) is 0.893. The highest BCUT2D eigenvalue weighted by Gasteiger charge is 2.25. The molecule has 0 heterocycles. The highest BCUT2D eigenvalue weighted by Crippen LogP contribution is 2.19. The Morgan fingerprint density at radius 1 is 1.41 bits per heavy atom. The minimum Gasteiger partial charge on any atom is -0.481 e. The van der Waals surface area contributed by atoms with Crippen molar-refractivity contribution in [3.05, 3.63) is 29.8 Å². The van der Waals surface area contributed by atoms with Crippen LogP contribution in [0.25, 0.3) is 0 Å². The molecule has 0 aliphatic carbocycles. The third kappa shape index (κ3) is 3.23. The summed E-state index contributed by atoms with van der Waals surface area (Å²) in [5, 5.41) is 8.58. The lowest BCUT2D eigenvalue weighted by molar-refractivity contribution is -0.140. The van der Waals surface area contributed by atoms with E-state index in [0.717, 1.165) is 6.07 Å². The SMILES string of the molecule is CC(CS(=O)(=O)c1cc(F)ccc1F)C(=O)O. The van der Waals surface area contributed by atoms with Crippen molar-refractivity contribution in [1.82, 2.24) is 0 Å². The molecule has 1 atom stereocenters. The van der Waals surface area contributed by atoms with E-state index in [1.807, 2.05) is 0 Å². The first-order valence-corrected chi connectivity index (χ1v) is 6.30. The average molecular weight is 264 g/mol. The maximum absolute atomic E-state index is 13.2. The number of hydrogen-bond donors (Lipinski definition) is 1. The van der Waals surface area contributed by atoms with Crippen LogP contribution in [0.3, 0.4) is 0 Å². The Kier molecular flexibility index (Phi) is 3.82. The number of rotatable bonds is 4. The van der Waals surface area contributed by atoms with Gasteiger partial charge in [0.1, 0.15) is 16.5 Å². The molecule has 0 aliphatic heterocycles. The second kappa shape index (κ2) is 4.79. The lowest BCUT2D eigenvalue weighted by atomic mass is 10.2. The van der Waals surface area contributed by atoms with E-state index in [1.165, 1.54) is 6.92 Å². The largest absolute Gasteiger partial charge is 0.481 e. The molecule has 0 radical (unpaired) electrons. The molecule has 1 aromatic carbocycles. The van der Waals surface area contributed by atoms with Crippen LogP contribution in [0.2, 0.25) is 0 Å². The van der Waals surface area contributed by atoms with Crippen molar-refractivity contribution in [2.75, 3.05) is 5.75 Å². The van der Waals surface area contributed by atoms with Crippen molar-refractivity contribution in [2.24, 2.45) is 5.92 Å². The van der Waals surface area contributed by atoms with Crippen molar-refractivity contribution < 1.29 is 27.1 Å². The van der Waals surface area contributed by atoms with Gasteiger partial charge >= 0.3 is 5.97 Å². The smallest absolute Gasteiger partial charge is 0.307 e. The average Bonchev–Trinajstić information content (AvgIpc) is 2.20. The van der Waals surface area contributed by atoms with Gasteiger partial charge in [0.25, 0.3) is 0 Å². The molecule has 1 unspecified atom stereocenters. The van der Waals surface area contributed by atoms with E-state index >= 15 is 0 Å². The molecule has 17 heavy (non-hydrogen) atoms. The van der Waals surface area contributed by atoms with Crippen LogP contribution in [0.15, 0.2) is 23.1 Å². The summed E-state index contributed by atoms with van der Waals surface area (Å²) in [5.41, 5.74) is 0. The maximum atomic E-state index is 13.2. The molecular formula is C10H10F2O4S. The molecule has 1 N–H and O–H groups in total. The molecule has 1 aromatic rings. The lowest BCUT2D eigenvalue weighted by Gasteiger charge is -2.08. The zero-order chi connectivity index (χ0) is 13.2. The molecule has 0 bridgehead atoms. The van der Waals surface area contributed by atoms with Crippen LogP contribution >= 0.6 is 0 Å². The van der Waals surface area contributed by atoms with Crippen LogP contribution in [-0.4, -0.2) is 25.2 Å². The Bertz CT molecular complexity index is 539. The van der Waals surface area contributed by atoms with E-state index in [1.54, 1.807) is 0 Å². The van der Waals surface area contributed by atoms with Gasteiger partial charge in [-0.05, 0) is 18.2 Å². The Balaban J connectivity index is 3.13. The summed E-state index contributed by atoms with van der Waals surface area (Å²) < 4.78 is 49.3. The van der Waals surface area contributed by atoms with Crippen LogP contribution in [0.5, 0.6) is 0 Å². The highest BCUT2D eigenvalue weighted by molar-refractivity contribution is 7.91. The van der Waals surface area contributed by atoms with E-state index in [4.69, 9.17) is 5.11 Å². The second-order valence-corrected chi connectivity index (χ2v) is 5.60. The summed E-state index contributed by atoms with van der Waals surface area (Å²) in [6.45, 7) is 1.18. The fourth-order valence-electron chi connectivity index (χ4n) is 1.21. The summed E-state index contributed by atoms with van der Waals surface area (Å²) in [4.78, 5) is 9.71. The van der Waals surface area contributed by atoms with Crippen LogP contribution in [-0.2, 0) is 14.6 Å².